The van der Waals surface area contributed by atoms with E-state index >= 15 is 0 Å². The van der Waals surface area contributed by atoms with Gasteiger partial charge in [0, 0.05) is 25.1 Å². The molecule has 3 rings (SSSR count). The van der Waals surface area contributed by atoms with Crippen LogP contribution in [0.4, 0.5) is 5.69 Å². The van der Waals surface area contributed by atoms with Crippen LogP contribution < -0.4 is 14.4 Å². The van der Waals surface area contributed by atoms with Crippen LogP contribution in [0.2, 0.25) is 10.0 Å². The van der Waals surface area contributed by atoms with E-state index in [4.69, 9.17) is 27.9 Å². The smallest absolute Gasteiger partial charge is 0.244 e. The van der Waals surface area contributed by atoms with Gasteiger partial charge in [0.1, 0.15) is 18.3 Å². The van der Waals surface area contributed by atoms with Gasteiger partial charge in [-0.2, -0.15) is 0 Å². The Balaban J connectivity index is 2.08. The molecular formula is C30H35Cl2N3O5S. The SMILES string of the molecule is CC[C@H](C)NC(=O)[C@H](Cc1ccccc1)N(Cc1ccc(Cl)c(Cl)c1)C(=O)CN(c1cccc(OC)c1)S(C)(=O)=O. The molecule has 0 saturated carbocycles. The molecule has 1 N–H and O–H groups in total. The Bertz CT molecular complexity index is 1450. The molecule has 0 aliphatic rings. The summed E-state index contributed by atoms with van der Waals surface area (Å²) in [5.74, 6) is -0.473. The van der Waals surface area contributed by atoms with E-state index in [1.807, 2.05) is 44.2 Å². The summed E-state index contributed by atoms with van der Waals surface area (Å²) in [7, 11) is -2.42. The Hall–Kier alpha value is -3.27. The maximum absolute atomic E-state index is 14.1. The van der Waals surface area contributed by atoms with E-state index in [0.717, 1.165) is 16.1 Å². The van der Waals surface area contributed by atoms with Crippen molar-refractivity contribution >= 4 is 50.7 Å². The van der Waals surface area contributed by atoms with E-state index in [1.165, 1.54) is 18.1 Å². The van der Waals surface area contributed by atoms with Crippen molar-refractivity contribution in [2.45, 2.75) is 45.3 Å². The van der Waals surface area contributed by atoms with Crippen LogP contribution in [-0.2, 0) is 32.6 Å². The van der Waals surface area contributed by atoms with Gasteiger partial charge in [0.2, 0.25) is 21.8 Å². The second kappa shape index (κ2) is 14.6. The molecule has 2 atom stereocenters. The first-order valence-electron chi connectivity index (χ1n) is 13.1. The van der Waals surface area contributed by atoms with Gasteiger partial charge in [0.05, 0.1) is 29.1 Å². The summed E-state index contributed by atoms with van der Waals surface area (Å²) in [6.45, 7) is 3.30. The van der Waals surface area contributed by atoms with E-state index in [1.54, 1.807) is 36.4 Å². The number of sulfonamides is 1. The van der Waals surface area contributed by atoms with E-state index in [9.17, 15) is 18.0 Å². The maximum Gasteiger partial charge on any atom is 0.244 e. The first-order valence-corrected chi connectivity index (χ1v) is 15.7. The molecule has 220 valence electrons. The van der Waals surface area contributed by atoms with Gasteiger partial charge < -0.3 is 15.0 Å². The third-order valence-electron chi connectivity index (χ3n) is 6.63. The fourth-order valence-corrected chi connectivity index (χ4v) is 5.37. The van der Waals surface area contributed by atoms with Gasteiger partial charge in [-0.05, 0) is 48.7 Å². The van der Waals surface area contributed by atoms with Crippen LogP contribution in [0.15, 0.2) is 72.8 Å². The van der Waals surface area contributed by atoms with E-state index in [0.29, 0.717) is 27.8 Å². The Kier molecular flexibility index (Phi) is 11.5. The zero-order chi connectivity index (χ0) is 30.2. The molecule has 8 nitrogen and oxygen atoms in total. The standard InChI is InChI=1S/C30H35Cl2N3O5S/c1-5-21(2)33-30(37)28(17-22-10-7-6-8-11-22)34(19-23-14-15-26(31)27(32)16-23)29(36)20-35(41(4,38)39)24-12-9-13-25(18-24)40-3/h6-16,18,21,28H,5,17,19-20H2,1-4H3,(H,33,37)/t21-,28-/m0/s1. The number of halogens is 2. The van der Waals surface area contributed by atoms with Crippen molar-refractivity contribution in [1.29, 1.82) is 0 Å². The topological polar surface area (TPSA) is 96.0 Å². The number of anilines is 1. The van der Waals surface area contributed by atoms with Crippen molar-refractivity contribution in [1.82, 2.24) is 10.2 Å². The molecule has 0 aliphatic carbocycles. The lowest BCUT2D eigenvalue weighted by Gasteiger charge is -2.34. The lowest BCUT2D eigenvalue weighted by molar-refractivity contribution is -0.140. The number of hydrogen-bond donors (Lipinski definition) is 1. The Morgan fingerprint density at radius 2 is 1.66 bits per heavy atom. The maximum atomic E-state index is 14.1. The van der Waals surface area contributed by atoms with Crippen molar-refractivity contribution < 1.29 is 22.7 Å². The summed E-state index contributed by atoms with van der Waals surface area (Å²) in [5, 5.41) is 3.65. The van der Waals surface area contributed by atoms with E-state index in [2.05, 4.69) is 5.32 Å². The van der Waals surface area contributed by atoms with Crippen LogP contribution in [0.25, 0.3) is 0 Å². The van der Waals surface area contributed by atoms with Crippen LogP contribution >= 0.6 is 23.2 Å². The quantitative estimate of drug-likeness (QED) is 0.279. The second-order valence-corrected chi connectivity index (χ2v) is 12.5. The van der Waals surface area contributed by atoms with E-state index < -0.39 is 28.5 Å². The predicted molar refractivity (Wildman–Crippen MR) is 164 cm³/mol. The average Bonchev–Trinajstić information content (AvgIpc) is 2.95. The van der Waals surface area contributed by atoms with Crippen molar-refractivity contribution in [2.75, 3.05) is 24.2 Å². The van der Waals surface area contributed by atoms with Crippen LogP contribution in [0, 0.1) is 0 Å². The highest BCUT2D eigenvalue weighted by atomic mass is 35.5. The number of nitrogens with zero attached hydrogens (tertiary/aromatic N) is 2. The molecule has 0 saturated heterocycles. The third-order valence-corrected chi connectivity index (χ3v) is 8.51. The molecule has 3 aromatic carbocycles. The summed E-state index contributed by atoms with van der Waals surface area (Å²) in [6.07, 6.45) is 1.94. The number of ether oxygens (including phenoxy) is 1. The Morgan fingerprint density at radius 1 is 0.951 bits per heavy atom. The molecule has 41 heavy (non-hydrogen) atoms. The summed E-state index contributed by atoms with van der Waals surface area (Å²) in [6, 6.07) is 19.7. The number of methoxy groups -OCH3 is 1. The number of hydrogen-bond acceptors (Lipinski definition) is 5. The minimum absolute atomic E-state index is 0.00311. The van der Waals surface area contributed by atoms with Gasteiger partial charge in [-0.3, -0.25) is 13.9 Å². The van der Waals surface area contributed by atoms with Gasteiger partial charge in [-0.25, -0.2) is 8.42 Å². The van der Waals surface area contributed by atoms with Gasteiger partial charge in [0.15, 0.2) is 0 Å². The minimum Gasteiger partial charge on any atom is -0.497 e. The fraction of sp³-hybridized carbons (Fsp3) is 0.333. The number of amides is 2. The summed E-state index contributed by atoms with van der Waals surface area (Å²) < 4.78 is 32.1. The number of benzene rings is 3. The molecule has 3 aromatic rings. The van der Waals surface area contributed by atoms with E-state index in [-0.39, 0.29) is 30.6 Å². The molecule has 0 aliphatic heterocycles. The van der Waals surface area contributed by atoms with Gasteiger partial charge in [-0.1, -0.05) is 72.6 Å². The lowest BCUT2D eigenvalue weighted by Crippen LogP contribution is -2.54. The first-order chi connectivity index (χ1) is 19.4. The highest BCUT2D eigenvalue weighted by Crippen LogP contribution is 2.26. The second-order valence-electron chi connectivity index (χ2n) is 9.76. The van der Waals surface area contributed by atoms with Gasteiger partial charge in [-0.15, -0.1) is 0 Å². The number of carbonyl (C=O) groups excluding carboxylic acids is 2. The predicted octanol–water partition coefficient (Wildman–Crippen LogP) is 5.32. The Labute approximate surface area is 252 Å². The molecule has 0 aromatic heterocycles. The van der Waals surface area contributed by atoms with Crippen LogP contribution in [0.5, 0.6) is 5.75 Å². The summed E-state index contributed by atoms with van der Waals surface area (Å²) >= 11 is 12.4. The van der Waals surface area contributed by atoms with Gasteiger partial charge >= 0.3 is 0 Å². The molecule has 11 heteroatoms. The average molecular weight is 621 g/mol. The molecule has 0 heterocycles. The molecule has 0 fully saturated rings. The molecule has 0 radical (unpaired) electrons. The van der Waals surface area contributed by atoms with Crippen molar-refractivity contribution in [3.63, 3.8) is 0 Å². The summed E-state index contributed by atoms with van der Waals surface area (Å²) in [4.78, 5) is 29.2. The Morgan fingerprint density at radius 3 is 2.27 bits per heavy atom. The highest BCUT2D eigenvalue weighted by Gasteiger charge is 2.33. The van der Waals surface area contributed by atoms with Crippen LogP contribution in [0.3, 0.4) is 0 Å². The van der Waals surface area contributed by atoms with Crippen LogP contribution in [-0.4, -0.2) is 57.1 Å². The monoisotopic (exact) mass is 619 g/mol. The zero-order valence-electron chi connectivity index (χ0n) is 23.5. The molecular weight excluding hydrogens is 585 g/mol. The molecule has 0 unspecified atom stereocenters. The van der Waals surface area contributed by atoms with Crippen molar-refractivity contribution in [3.05, 3.63) is 94.0 Å². The van der Waals surface area contributed by atoms with Gasteiger partial charge in [0.25, 0.3) is 0 Å². The molecule has 0 bridgehead atoms. The zero-order valence-corrected chi connectivity index (χ0v) is 25.8. The molecule has 2 amide bonds. The van der Waals surface area contributed by atoms with Crippen molar-refractivity contribution in [2.24, 2.45) is 0 Å². The van der Waals surface area contributed by atoms with Crippen molar-refractivity contribution in [3.8, 4) is 5.75 Å². The largest absolute Gasteiger partial charge is 0.497 e. The molecule has 0 spiro atoms. The minimum atomic E-state index is -3.89. The normalized spacial score (nSPS) is 12.7. The summed E-state index contributed by atoms with van der Waals surface area (Å²) in [5.41, 5.74) is 1.74. The first kappa shape index (κ1) is 32.2. The lowest BCUT2D eigenvalue weighted by atomic mass is 10.0. The number of nitrogens with one attached hydrogen (secondary N) is 1. The third kappa shape index (κ3) is 9.11. The fourth-order valence-electron chi connectivity index (χ4n) is 4.21. The number of carbonyl (C=O) groups is 2. The number of rotatable bonds is 13. The van der Waals surface area contributed by atoms with Crippen LogP contribution in [0.1, 0.15) is 31.4 Å². The highest BCUT2D eigenvalue weighted by molar-refractivity contribution is 7.92.